The fraction of sp³-hybridized carbons (Fsp3) is 0.636. The lowest BCUT2D eigenvalue weighted by molar-refractivity contribution is 0.114. The zero-order chi connectivity index (χ0) is 11.8. The average Bonchev–Trinajstić information content (AvgIpc) is 2.89. The van der Waals surface area contributed by atoms with Gasteiger partial charge in [0.1, 0.15) is 5.82 Å². The van der Waals surface area contributed by atoms with E-state index in [-0.39, 0.29) is 6.03 Å². The predicted molar refractivity (Wildman–Crippen MR) is 62.4 cm³/mol. The van der Waals surface area contributed by atoms with E-state index < -0.39 is 0 Å². The third kappa shape index (κ3) is 1.88. The molecule has 0 saturated carbocycles. The summed E-state index contributed by atoms with van der Waals surface area (Å²) in [5, 5.41) is 0. The molecule has 1 atom stereocenters. The maximum atomic E-state index is 11.8. The van der Waals surface area contributed by atoms with Crippen molar-refractivity contribution in [3.8, 4) is 0 Å². The second kappa shape index (κ2) is 4.03. The number of hydrogen-bond donors (Lipinski definition) is 1. The van der Waals surface area contributed by atoms with Gasteiger partial charge in [0.25, 0.3) is 0 Å². The Morgan fingerprint density at radius 2 is 2.35 bits per heavy atom. The van der Waals surface area contributed by atoms with Crippen LogP contribution in [0, 0.1) is 0 Å². The summed E-state index contributed by atoms with van der Waals surface area (Å²) in [4.78, 5) is 25.3. The van der Waals surface area contributed by atoms with Gasteiger partial charge in [-0.05, 0) is 0 Å². The molecule has 0 aromatic carbocycles. The maximum absolute atomic E-state index is 11.8. The molecule has 0 radical (unpaired) electrons. The predicted octanol–water partition coefficient (Wildman–Crippen LogP) is -0.0387. The van der Waals surface area contributed by atoms with Crippen molar-refractivity contribution in [1.82, 2.24) is 24.7 Å². The van der Waals surface area contributed by atoms with Crippen molar-refractivity contribution < 1.29 is 4.79 Å². The fourth-order valence-corrected chi connectivity index (χ4v) is 2.68. The quantitative estimate of drug-likeness (QED) is 0.782. The third-order valence-corrected chi connectivity index (χ3v) is 3.55. The number of carbonyl (C=O) groups is 1. The highest BCUT2D eigenvalue weighted by Crippen LogP contribution is 2.19. The number of piperazine rings is 1. The number of nitrogens with one attached hydrogen (secondary N) is 1. The van der Waals surface area contributed by atoms with Crippen LogP contribution in [0.1, 0.15) is 5.82 Å². The smallest absolute Gasteiger partial charge is 0.320 e. The van der Waals surface area contributed by atoms with Gasteiger partial charge in [0.2, 0.25) is 0 Å². The van der Waals surface area contributed by atoms with Crippen LogP contribution in [0.5, 0.6) is 0 Å². The molecule has 3 heterocycles. The summed E-state index contributed by atoms with van der Waals surface area (Å²) >= 11 is 0. The normalized spacial score (nSPS) is 25.5. The Labute approximate surface area is 100 Å². The molecular formula is C11H17N5O. The maximum Gasteiger partial charge on any atom is 0.320 e. The van der Waals surface area contributed by atoms with E-state index in [1.807, 2.05) is 18.1 Å². The molecular weight excluding hydrogens is 218 g/mol. The highest BCUT2D eigenvalue weighted by molar-refractivity contribution is 5.77. The van der Waals surface area contributed by atoms with Crippen LogP contribution in [0.25, 0.3) is 0 Å². The van der Waals surface area contributed by atoms with Gasteiger partial charge in [-0.25, -0.2) is 9.78 Å². The molecule has 6 nitrogen and oxygen atoms in total. The lowest BCUT2D eigenvalue weighted by Gasteiger charge is -2.35. The van der Waals surface area contributed by atoms with Crippen LogP contribution >= 0.6 is 0 Å². The Balaban J connectivity index is 1.63. The Morgan fingerprint density at radius 3 is 3.12 bits per heavy atom. The molecule has 2 aliphatic heterocycles. The summed E-state index contributed by atoms with van der Waals surface area (Å²) in [6, 6.07) is 0.517. The molecule has 6 heteroatoms. The van der Waals surface area contributed by atoms with Crippen LogP contribution in [0.15, 0.2) is 12.4 Å². The van der Waals surface area contributed by atoms with Crippen LogP contribution in [0.4, 0.5) is 4.79 Å². The van der Waals surface area contributed by atoms with Gasteiger partial charge in [-0.3, -0.25) is 4.90 Å². The zero-order valence-corrected chi connectivity index (χ0v) is 9.96. The average molecular weight is 235 g/mol. The third-order valence-electron chi connectivity index (χ3n) is 3.55. The van der Waals surface area contributed by atoms with Crippen LogP contribution in [0.3, 0.4) is 0 Å². The first-order valence-corrected chi connectivity index (χ1v) is 5.96. The molecule has 2 aliphatic rings. The summed E-state index contributed by atoms with van der Waals surface area (Å²) < 4.78 is 0. The van der Waals surface area contributed by atoms with E-state index in [0.29, 0.717) is 6.04 Å². The summed E-state index contributed by atoms with van der Waals surface area (Å²) in [7, 11) is 1.87. The fourth-order valence-electron chi connectivity index (χ4n) is 2.68. The number of imidazole rings is 1. The summed E-state index contributed by atoms with van der Waals surface area (Å²) in [6.45, 7) is 4.38. The topological polar surface area (TPSA) is 55.5 Å². The lowest BCUT2D eigenvalue weighted by Crippen LogP contribution is -2.51. The lowest BCUT2D eigenvalue weighted by atomic mass is 10.2. The first kappa shape index (κ1) is 10.6. The molecule has 1 unspecified atom stereocenters. The zero-order valence-electron chi connectivity index (χ0n) is 9.96. The van der Waals surface area contributed by atoms with Crippen molar-refractivity contribution in [1.29, 1.82) is 0 Å². The molecule has 0 aliphatic carbocycles. The molecule has 0 spiro atoms. The number of amides is 2. The Kier molecular flexibility index (Phi) is 2.51. The molecule has 2 amide bonds. The van der Waals surface area contributed by atoms with E-state index in [0.717, 1.165) is 38.5 Å². The van der Waals surface area contributed by atoms with Gasteiger partial charge in [-0.1, -0.05) is 0 Å². The van der Waals surface area contributed by atoms with E-state index in [1.54, 1.807) is 11.1 Å². The van der Waals surface area contributed by atoms with Crippen molar-refractivity contribution in [3.05, 3.63) is 18.2 Å². The number of aromatic amines is 1. The van der Waals surface area contributed by atoms with Gasteiger partial charge in [0.15, 0.2) is 0 Å². The van der Waals surface area contributed by atoms with E-state index in [9.17, 15) is 4.79 Å². The number of carbonyl (C=O) groups excluding carboxylic acids is 1. The highest BCUT2D eigenvalue weighted by Gasteiger charge is 2.38. The van der Waals surface area contributed by atoms with Crippen molar-refractivity contribution in [2.24, 2.45) is 0 Å². The minimum Gasteiger partial charge on any atom is -0.348 e. The Hall–Kier alpha value is -1.56. The van der Waals surface area contributed by atoms with Gasteiger partial charge in [0, 0.05) is 45.6 Å². The standard InChI is InChI=1S/C11H17N5O/c1-14-6-9-7-15(4-5-16(9)11(14)17)8-10-12-2-3-13-10/h2-3,9H,4-8H2,1H3,(H,12,13). The van der Waals surface area contributed by atoms with Gasteiger partial charge in [-0.15, -0.1) is 0 Å². The molecule has 1 aromatic heterocycles. The highest BCUT2D eigenvalue weighted by atomic mass is 16.2. The van der Waals surface area contributed by atoms with Crippen LogP contribution in [-0.4, -0.2) is 70.0 Å². The Bertz CT molecular complexity index is 404. The summed E-state index contributed by atoms with van der Waals surface area (Å²) in [6.07, 6.45) is 3.62. The number of H-pyrrole nitrogens is 1. The number of likely N-dealkylation sites (N-methyl/N-ethyl adjacent to an activating group) is 1. The SMILES string of the molecule is CN1CC2CN(Cc3ncc[nH]3)CCN2C1=O. The van der Waals surface area contributed by atoms with Crippen molar-refractivity contribution in [3.63, 3.8) is 0 Å². The van der Waals surface area contributed by atoms with Gasteiger partial charge >= 0.3 is 6.03 Å². The van der Waals surface area contributed by atoms with Crippen molar-refractivity contribution >= 4 is 6.03 Å². The first-order valence-electron chi connectivity index (χ1n) is 5.96. The van der Waals surface area contributed by atoms with Crippen molar-refractivity contribution in [2.75, 3.05) is 33.2 Å². The largest absolute Gasteiger partial charge is 0.348 e. The van der Waals surface area contributed by atoms with Gasteiger partial charge in [-0.2, -0.15) is 0 Å². The van der Waals surface area contributed by atoms with Crippen LogP contribution in [-0.2, 0) is 6.54 Å². The molecule has 0 bridgehead atoms. The molecule has 1 N–H and O–H groups in total. The molecule has 92 valence electrons. The van der Waals surface area contributed by atoms with Crippen LogP contribution < -0.4 is 0 Å². The minimum atomic E-state index is 0.174. The number of nitrogens with zero attached hydrogens (tertiary/aromatic N) is 4. The van der Waals surface area contributed by atoms with Crippen LogP contribution in [0.2, 0.25) is 0 Å². The van der Waals surface area contributed by atoms with E-state index >= 15 is 0 Å². The Morgan fingerprint density at radius 1 is 1.47 bits per heavy atom. The molecule has 2 saturated heterocycles. The van der Waals surface area contributed by atoms with E-state index in [1.165, 1.54) is 0 Å². The molecule has 2 fully saturated rings. The molecule has 3 rings (SSSR count). The monoisotopic (exact) mass is 235 g/mol. The second-order valence-electron chi connectivity index (χ2n) is 4.78. The summed E-state index contributed by atoms with van der Waals surface area (Å²) in [5.74, 6) is 0.996. The number of urea groups is 1. The van der Waals surface area contributed by atoms with E-state index in [4.69, 9.17) is 0 Å². The number of rotatable bonds is 2. The molecule has 17 heavy (non-hydrogen) atoms. The van der Waals surface area contributed by atoms with Crippen molar-refractivity contribution in [2.45, 2.75) is 12.6 Å². The first-order chi connectivity index (χ1) is 8.24. The van der Waals surface area contributed by atoms with Gasteiger partial charge in [0.05, 0.1) is 12.6 Å². The number of fused-ring (bicyclic) bond motifs is 1. The molecule has 1 aromatic rings. The van der Waals surface area contributed by atoms with Gasteiger partial charge < -0.3 is 14.8 Å². The number of hydrogen-bond acceptors (Lipinski definition) is 3. The van der Waals surface area contributed by atoms with E-state index in [2.05, 4.69) is 14.9 Å². The second-order valence-corrected chi connectivity index (χ2v) is 4.78. The summed E-state index contributed by atoms with van der Waals surface area (Å²) in [5.41, 5.74) is 0. The number of aromatic nitrogens is 2. The minimum absolute atomic E-state index is 0.174.